The highest BCUT2D eigenvalue weighted by atomic mass is 127. The third-order valence-electron chi connectivity index (χ3n) is 4.59. The quantitative estimate of drug-likeness (QED) is 0.259. The zero-order valence-corrected chi connectivity index (χ0v) is 19.1. The molecule has 0 aliphatic carbocycles. The molecule has 6 nitrogen and oxygen atoms in total. The molecule has 1 aliphatic heterocycles. The minimum absolute atomic E-state index is 0. The molecule has 1 fully saturated rings. The van der Waals surface area contributed by atoms with E-state index in [1.54, 1.807) is 6.07 Å². The van der Waals surface area contributed by atoms with Gasteiger partial charge < -0.3 is 10.6 Å². The van der Waals surface area contributed by atoms with E-state index in [4.69, 9.17) is 0 Å². The molecule has 2 amide bonds. The van der Waals surface area contributed by atoms with Gasteiger partial charge in [0.25, 0.3) is 0 Å². The highest BCUT2D eigenvalue weighted by Crippen LogP contribution is 2.24. The standard InChI is InChI=1S/C20H29FN4O2.HI/c1-4-22-19(23-11-12-25-17(26)9-6-10-18(25)27)24-14-20(2,3)15-7-5-8-16(21)13-15;/h5,7-8,13H,4,6,9-12,14H2,1-3H3,(H2,22,23,24);1H. The molecule has 2 rings (SSSR count). The lowest BCUT2D eigenvalue weighted by Crippen LogP contribution is -2.46. The lowest BCUT2D eigenvalue weighted by molar-refractivity contribution is -0.147. The maximum Gasteiger partial charge on any atom is 0.229 e. The van der Waals surface area contributed by atoms with Crippen LogP contribution in [0.4, 0.5) is 4.39 Å². The molecule has 0 aromatic heterocycles. The largest absolute Gasteiger partial charge is 0.357 e. The third kappa shape index (κ3) is 7.03. The number of nitrogens with zero attached hydrogens (tertiary/aromatic N) is 2. The van der Waals surface area contributed by atoms with Crippen LogP contribution in [0.15, 0.2) is 29.3 Å². The lowest BCUT2D eigenvalue weighted by atomic mass is 9.85. The zero-order valence-electron chi connectivity index (χ0n) is 16.8. The summed E-state index contributed by atoms with van der Waals surface area (Å²) in [6, 6.07) is 6.56. The number of halogens is 2. The van der Waals surface area contributed by atoms with Crippen LogP contribution in [0.25, 0.3) is 0 Å². The molecule has 0 unspecified atom stereocenters. The first-order valence-electron chi connectivity index (χ1n) is 9.45. The Balaban J connectivity index is 0.00000392. The maximum absolute atomic E-state index is 13.5. The average Bonchev–Trinajstić information content (AvgIpc) is 2.62. The maximum atomic E-state index is 13.5. The van der Waals surface area contributed by atoms with Crippen LogP contribution in [0.5, 0.6) is 0 Å². The minimum Gasteiger partial charge on any atom is -0.357 e. The molecule has 1 aromatic rings. The fraction of sp³-hybridized carbons (Fsp3) is 0.550. The molecule has 1 aromatic carbocycles. The Morgan fingerprint density at radius 1 is 1.21 bits per heavy atom. The first kappa shape index (κ1) is 24.3. The van der Waals surface area contributed by atoms with Gasteiger partial charge >= 0.3 is 0 Å². The predicted molar refractivity (Wildman–Crippen MR) is 119 cm³/mol. The number of guanidine groups is 1. The van der Waals surface area contributed by atoms with Crippen molar-refractivity contribution in [2.75, 3.05) is 26.2 Å². The van der Waals surface area contributed by atoms with Crippen LogP contribution in [0.3, 0.4) is 0 Å². The number of hydrogen-bond donors (Lipinski definition) is 2. The number of aliphatic imine (C=N–C) groups is 1. The summed E-state index contributed by atoms with van der Waals surface area (Å²) < 4.78 is 13.5. The molecule has 28 heavy (non-hydrogen) atoms. The fourth-order valence-electron chi connectivity index (χ4n) is 2.95. The van der Waals surface area contributed by atoms with E-state index < -0.39 is 0 Å². The summed E-state index contributed by atoms with van der Waals surface area (Å²) in [5.74, 6) is 0.133. The van der Waals surface area contributed by atoms with Crippen molar-refractivity contribution in [3.05, 3.63) is 35.6 Å². The van der Waals surface area contributed by atoms with Gasteiger partial charge in [-0.2, -0.15) is 0 Å². The van der Waals surface area contributed by atoms with Gasteiger partial charge in [-0.3, -0.25) is 19.5 Å². The van der Waals surface area contributed by atoms with Crippen LogP contribution in [0.2, 0.25) is 0 Å². The molecule has 0 bridgehead atoms. The second-order valence-corrected chi connectivity index (χ2v) is 7.31. The van der Waals surface area contributed by atoms with Gasteiger partial charge in [0.15, 0.2) is 5.96 Å². The highest BCUT2D eigenvalue weighted by Gasteiger charge is 2.25. The van der Waals surface area contributed by atoms with Gasteiger partial charge in [0, 0.05) is 37.9 Å². The molecular weight excluding hydrogens is 474 g/mol. The van der Waals surface area contributed by atoms with Gasteiger partial charge in [0.05, 0.1) is 6.54 Å². The number of carbonyl (C=O) groups is 2. The van der Waals surface area contributed by atoms with E-state index in [-0.39, 0.29) is 47.0 Å². The van der Waals surface area contributed by atoms with Gasteiger partial charge in [-0.1, -0.05) is 26.0 Å². The molecule has 156 valence electrons. The Morgan fingerprint density at radius 3 is 2.50 bits per heavy atom. The van der Waals surface area contributed by atoms with E-state index in [0.29, 0.717) is 51.4 Å². The number of likely N-dealkylation sites (tertiary alicyclic amines) is 1. The van der Waals surface area contributed by atoms with Gasteiger partial charge in [-0.15, -0.1) is 24.0 Å². The van der Waals surface area contributed by atoms with Gasteiger partial charge in [-0.25, -0.2) is 4.39 Å². The predicted octanol–water partition coefficient (Wildman–Crippen LogP) is 2.82. The average molecular weight is 504 g/mol. The van der Waals surface area contributed by atoms with Crippen molar-refractivity contribution < 1.29 is 14.0 Å². The highest BCUT2D eigenvalue weighted by molar-refractivity contribution is 14.0. The van der Waals surface area contributed by atoms with E-state index in [0.717, 1.165) is 5.56 Å². The molecule has 2 N–H and O–H groups in total. The van der Waals surface area contributed by atoms with Crippen LogP contribution in [-0.2, 0) is 15.0 Å². The van der Waals surface area contributed by atoms with Crippen molar-refractivity contribution in [1.29, 1.82) is 0 Å². The summed E-state index contributed by atoms with van der Waals surface area (Å²) in [6.07, 6.45) is 1.50. The first-order valence-corrected chi connectivity index (χ1v) is 9.45. The Kier molecular flexibility index (Phi) is 9.84. The van der Waals surface area contributed by atoms with Crippen molar-refractivity contribution in [2.45, 2.75) is 45.4 Å². The molecule has 0 spiro atoms. The van der Waals surface area contributed by atoms with Crippen LogP contribution >= 0.6 is 24.0 Å². The molecule has 1 aliphatic rings. The number of imide groups is 1. The summed E-state index contributed by atoms with van der Waals surface area (Å²) in [5, 5.41) is 6.32. The number of piperidine rings is 1. The Labute approximate surface area is 183 Å². The smallest absolute Gasteiger partial charge is 0.229 e. The first-order chi connectivity index (χ1) is 12.8. The molecule has 8 heteroatoms. The van der Waals surface area contributed by atoms with Crippen molar-refractivity contribution in [3.63, 3.8) is 0 Å². The van der Waals surface area contributed by atoms with Crippen LogP contribution in [0.1, 0.15) is 45.6 Å². The molecule has 0 atom stereocenters. The Bertz CT molecular complexity index is 693. The van der Waals surface area contributed by atoms with E-state index in [1.165, 1.54) is 17.0 Å². The van der Waals surface area contributed by atoms with Crippen molar-refractivity contribution in [2.24, 2.45) is 4.99 Å². The van der Waals surface area contributed by atoms with E-state index >= 15 is 0 Å². The number of carbonyl (C=O) groups excluding carboxylic acids is 2. The van der Waals surface area contributed by atoms with Crippen molar-refractivity contribution in [1.82, 2.24) is 15.5 Å². The number of rotatable bonds is 7. The summed E-state index contributed by atoms with van der Waals surface area (Å²) in [5.41, 5.74) is 0.551. The number of nitrogens with one attached hydrogen (secondary N) is 2. The molecule has 1 saturated heterocycles. The summed E-state index contributed by atoms with van der Waals surface area (Å²) in [4.78, 5) is 29.6. The topological polar surface area (TPSA) is 73.8 Å². The molecule has 1 heterocycles. The second kappa shape index (κ2) is 11.3. The number of benzene rings is 1. The van der Waals surface area contributed by atoms with E-state index in [1.807, 2.05) is 26.8 Å². The number of amides is 2. The van der Waals surface area contributed by atoms with Crippen LogP contribution in [-0.4, -0.2) is 48.9 Å². The SMILES string of the molecule is CCNC(=NCC(C)(C)c1cccc(F)c1)NCCN1C(=O)CCCC1=O.I. The zero-order chi connectivity index (χ0) is 19.9. The Hall–Kier alpha value is -1.71. The molecular formula is C20H30FIN4O2. The van der Waals surface area contributed by atoms with Gasteiger partial charge in [-0.05, 0) is 31.0 Å². The second-order valence-electron chi connectivity index (χ2n) is 7.31. The summed E-state index contributed by atoms with van der Waals surface area (Å²) >= 11 is 0. The van der Waals surface area contributed by atoms with E-state index in [2.05, 4.69) is 15.6 Å². The monoisotopic (exact) mass is 504 g/mol. The summed E-state index contributed by atoms with van der Waals surface area (Å²) in [6.45, 7) is 7.91. The Morgan fingerprint density at radius 2 is 1.89 bits per heavy atom. The van der Waals surface area contributed by atoms with Gasteiger partial charge in [0.1, 0.15) is 5.82 Å². The fourth-order valence-corrected chi connectivity index (χ4v) is 2.95. The minimum atomic E-state index is -0.330. The number of hydrogen-bond acceptors (Lipinski definition) is 3. The third-order valence-corrected chi connectivity index (χ3v) is 4.59. The normalized spacial score (nSPS) is 15.3. The molecule has 0 radical (unpaired) electrons. The van der Waals surface area contributed by atoms with Crippen LogP contribution in [0, 0.1) is 5.82 Å². The van der Waals surface area contributed by atoms with Gasteiger partial charge in [0.2, 0.25) is 11.8 Å². The van der Waals surface area contributed by atoms with E-state index in [9.17, 15) is 14.0 Å². The lowest BCUT2D eigenvalue weighted by Gasteiger charge is -2.26. The summed E-state index contributed by atoms with van der Waals surface area (Å²) in [7, 11) is 0. The van der Waals surface area contributed by atoms with Crippen molar-refractivity contribution in [3.8, 4) is 0 Å². The van der Waals surface area contributed by atoms with Crippen LogP contribution < -0.4 is 10.6 Å². The van der Waals surface area contributed by atoms with Crippen molar-refractivity contribution >= 4 is 41.8 Å². The molecule has 0 saturated carbocycles.